The number of hydrogen-bond donors (Lipinski definition) is 3. The first-order valence-corrected chi connectivity index (χ1v) is 19.4. The highest BCUT2D eigenvalue weighted by molar-refractivity contribution is 7.09. The summed E-state index contributed by atoms with van der Waals surface area (Å²) in [6.45, 7) is 10.8. The number of nitrogens with one attached hydrogen (secondary N) is 2. The summed E-state index contributed by atoms with van der Waals surface area (Å²) in [5, 5.41) is 17.6. The molecule has 0 aliphatic carbocycles. The number of nitrogens with zero attached hydrogens (tertiary/aromatic N) is 3. The van der Waals surface area contributed by atoms with E-state index >= 15 is 0 Å². The lowest BCUT2D eigenvalue weighted by Crippen LogP contribution is -2.55. The fraction of sp³-hybridized carbons (Fsp3) is 0.512. The van der Waals surface area contributed by atoms with E-state index in [4.69, 9.17) is 4.74 Å². The van der Waals surface area contributed by atoms with Gasteiger partial charge in [-0.3, -0.25) is 28.9 Å². The van der Waals surface area contributed by atoms with Crippen molar-refractivity contribution in [2.75, 3.05) is 21.1 Å². The van der Waals surface area contributed by atoms with Gasteiger partial charge in [-0.25, -0.2) is 4.98 Å². The average molecular weight is 764 g/mol. The summed E-state index contributed by atoms with van der Waals surface area (Å²) >= 11 is 1.17. The zero-order valence-corrected chi connectivity index (χ0v) is 33.8. The van der Waals surface area contributed by atoms with Crippen molar-refractivity contribution in [2.45, 2.75) is 97.5 Å². The van der Waals surface area contributed by atoms with Crippen LogP contribution in [0.4, 0.5) is 0 Å². The molecule has 0 spiro atoms. The van der Waals surface area contributed by atoms with Crippen molar-refractivity contribution < 1.29 is 33.8 Å². The number of rotatable bonds is 20. The summed E-state index contributed by atoms with van der Waals surface area (Å²) in [5.41, 5.74) is 1.88. The minimum Gasteiger partial charge on any atom is -0.481 e. The van der Waals surface area contributed by atoms with Crippen molar-refractivity contribution >= 4 is 41.0 Å². The van der Waals surface area contributed by atoms with Gasteiger partial charge in [-0.15, -0.1) is 11.3 Å². The second-order valence-corrected chi connectivity index (χ2v) is 15.5. The van der Waals surface area contributed by atoms with Gasteiger partial charge in [0.2, 0.25) is 11.8 Å². The first-order chi connectivity index (χ1) is 25.5. The number of likely N-dealkylation sites (N-methyl/N-ethyl adjacent to an activating group) is 2. The summed E-state index contributed by atoms with van der Waals surface area (Å²) in [6, 6.07) is 16.6. The number of carboxylic acid groups (broad SMARTS) is 1. The maximum atomic E-state index is 14.3. The zero-order chi connectivity index (χ0) is 40.1. The predicted molar refractivity (Wildman–Crippen MR) is 210 cm³/mol. The molecule has 0 radical (unpaired) electrons. The fourth-order valence-corrected chi connectivity index (χ4v) is 7.37. The van der Waals surface area contributed by atoms with Crippen LogP contribution in [0.1, 0.15) is 99.6 Å². The Morgan fingerprint density at radius 3 is 2.04 bits per heavy atom. The molecule has 0 unspecified atom stereocenters. The van der Waals surface area contributed by atoms with Crippen molar-refractivity contribution in [3.63, 3.8) is 0 Å². The molecule has 13 heteroatoms. The Kier molecular flexibility index (Phi) is 16.8. The number of ether oxygens (including phenoxy) is 1. The van der Waals surface area contributed by atoms with E-state index in [2.05, 4.69) is 15.6 Å². The summed E-state index contributed by atoms with van der Waals surface area (Å²) < 4.78 is 5.78. The van der Waals surface area contributed by atoms with Gasteiger partial charge in [-0.2, -0.15) is 0 Å². The minimum absolute atomic E-state index is 0.0816. The highest BCUT2D eigenvalue weighted by Gasteiger charge is 2.37. The van der Waals surface area contributed by atoms with Crippen LogP contribution in [0.25, 0.3) is 0 Å². The maximum Gasteiger partial charge on any atom is 0.306 e. The van der Waals surface area contributed by atoms with Crippen molar-refractivity contribution in [1.82, 2.24) is 25.4 Å². The lowest BCUT2D eigenvalue weighted by atomic mass is 9.92. The van der Waals surface area contributed by atoms with E-state index in [1.165, 1.54) is 18.3 Å². The smallest absolute Gasteiger partial charge is 0.306 e. The number of carbonyl (C=O) groups excluding carboxylic acids is 4. The predicted octanol–water partition coefficient (Wildman–Crippen LogP) is 5.91. The van der Waals surface area contributed by atoms with Crippen molar-refractivity contribution in [3.05, 3.63) is 87.9 Å². The van der Waals surface area contributed by atoms with Crippen LogP contribution in [0.3, 0.4) is 0 Å². The van der Waals surface area contributed by atoms with Gasteiger partial charge in [0.05, 0.1) is 5.92 Å². The average Bonchev–Trinajstić information content (AvgIpc) is 3.62. The van der Waals surface area contributed by atoms with Gasteiger partial charge in [-0.1, -0.05) is 102 Å². The molecule has 0 saturated carbocycles. The molecular weight excluding hydrogens is 707 g/mol. The van der Waals surface area contributed by atoms with E-state index in [-0.39, 0.29) is 42.2 Å². The van der Waals surface area contributed by atoms with E-state index in [1.807, 2.05) is 107 Å². The molecule has 1 heterocycles. The number of amides is 3. The van der Waals surface area contributed by atoms with Crippen LogP contribution >= 0.6 is 11.3 Å². The molecule has 0 aliphatic rings. The van der Waals surface area contributed by atoms with Gasteiger partial charge in [-0.05, 0) is 49.9 Å². The first-order valence-electron chi connectivity index (χ1n) is 18.5. The Morgan fingerprint density at radius 1 is 0.889 bits per heavy atom. The SMILES string of the molecule is CC[C@H](C)[C@H](NC(=O)[C@@H](c1ccccc1)N(C)C)C(=O)N(C)[C@H](C[C@@H](OC(C)=O)c1nc(C(=O)N[C@@H](Cc2ccccc2)C[C@H](C)C(=O)O)cs1)C(C)C. The molecular formula is C41H57N5O7S. The zero-order valence-electron chi connectivity index (χ0n) is 32.9. The second-order valence-electron chi connectivity index (χ2n) is 14.6. The molecule has 12 nitrogen and oxygen atoms in total. The quantitative estimate of drug-likeness (QED) is 0.119. The largest absolute Gasteiger partial charge is 0.481 e. The Bertz CT molecular complexity index is 1680. The number of benzene rings is 2. The number of esters is 1. The Balaban J connectivity index is 1.85. The van der Waals surface area contributed by atoms with E-state index in [0.717, 1.165) is 11.1 Å². The Morgan fingerprint density at radius 2 is 1.50 bits per heavy atom. The van der Waals surface area contributed by atoms with Crippen molar-refractivity contribution in [1.29, 1.82) is 0 Å². The minimum atomic E-state index is -0.951. The van der Waals surface area contributed by atoms with Crippen LogP contribution in [-0.2, 0) is 30.3 Å². The van der Waals surface area contributed by atoms with Crippen LogP contribution in [-0.4, -0.2) is 88.8 Å². The molecule has 1 aromatic heterocycles. The molecule has 0 aliphatic heterocycles. The van der Waals surface area contributed by atoms with Gasteiger partial charge < -0.3 is 25.4 Å². The van der Waals surface area contributed by atoms with E-state index < -0.39 is 54.0 Å². The maximum absolute atomic E-state index is 14.3. The van der Waals surface area contributed by atoms with Crippen molar-refractivity contribution in [3.8, 4) is 0 Å². The standard InChI is InChI=1S/C41H57N5O7S/c1-10-26(4)35(44-38(49)36(45(7)8)30-19-15-12-16-20-30)40(50)46(9)33(25(2)3)23-34(53-28(6)47)39-43-32(24-54-39)37(48)42-31(21-27(5)41(51)52)22-29-17-13-11-14-18-29/h11-20,24-27,31,33-36H,10,21-23H2,1-9H3,(H,42,48)(H,44,49)(H,51,52)/t26-,27-,31+,33+,34+,35-,36+/m0/s1. The van der Waals surface area contributed by atoms with Gasteiger partial charge >= 0.3 is 11.9 Å². The molecule has 0 saturated heterocycles. The summed E-state index contributed by atoms with van der Waals surface area (Å²) in [6.07, 6.45) is 0.646. The molecule has 3 N–H and O–H groups in total. The van der Waals surface area contributed by atoms with Gasteiger partial charge in [0.15, 0.2) is 6.10 Å². The van der Waals surface area contributed by atoms with Gasteiger partial charge in [0, 0.05) is 37.9 Å². The van der Waals surface area contributed by atoms with Gasteiger partial charge in [0.1, 0.15) is 22.8 Å². The third-order valence-corrected chi connectivity index (χ3v) is 10.7. The summed E-state index contributed by atoms with van der Waals surface area (Å²) in [7, 11) is 5.35. The molecule has 54 heavy (non-hydrogen) atoms. The third-order valence-electron chi connectivity index (χ3n) is 9.79. The van der Waals surface area contributed by atoms with Crippen molar-refractivity contribution in [2.24, 2.45) is 17.8 Å². The van der Waals surface area contributed by atoms with E-state index in [1.54, 1.807) is 24.3 Å². The molecule has 3 amide bonds. The highest BCUT2D eigenvalue weighted by Crippen LogP contribution is 2.31. The third kappa shape index (κ3) is 12.5. The Hall–Kier alpha value is -4.62. The van der Waals surface area contributed by atoms with Crippen LogP contribution in [0.5, 0.6) is 0 Å². The fourth-order valence-electron chi connectivity index (χ4n) is 6.53. The highest BCUT2D eigenvalue weighted by atomic mass is 32.1. The number of hydrogen-bond acceptors (Lipinski definition) is 9. The summed E-state index contributed by atoms with van der Waals surface area (Å²) in [4.78, 5) is 73.7. The Labute approximate surface area is 323 Å². The summed E-state index contributed by atoms with van der Waals surface area (Å²) in [5.74, 6) is -3.44. The normalized spacial score (nSPS) is 15.3. The number of carboxylic acids is 1. The van der Waals surface area contributed by atoms with E-state index in [0.29, 0.717) is 17.8 Å². The van der Waals surface area contributed by atoms with E-state index in [9.17, 15) is 29.1 Å². The number of thiazole rings is 1. The van der Waals surface area contributed by atoms with Crippen LogP contribution in [0.2, 0.25) is 0 Å². The second kappa shape index (κ2) is 20.7. The first kappa shape index (κ1) is 43.8. The molecule has 3 rings (SSSR count). The van der Waals surface area contributed by atoms with Crippen LogP contribution < -0.4 is 10.6 Å². The molecule has 7 atom stereocenters. The number of carbonyl (C=O) groups is 5. The molecule has 3 aromatic rings. The molecule has 294 valence electrons. The van der Waals surface area contributed by atoms with Crippen LogP contribution in [0.15, 0.2) is 66.0 Å². The lowest BCUT2D eigenvalue weighted by Gasteiger charge is -2.37. The van der Waals surface area contributed by atoms with Gasteiger partial charge in [0.25, 0.3) is 5.91 Å². The molecule has 0 bridgehead atoms. The number of aromatic nitrogens is 1. The topological polar surface area (TPSA) is 158 Å². The lowest BCUT2D eigenvalue weighted by molar-refractivity contribution is -0.149. The monoisotopic (exact) mass is 763 g/mol. The molecule has 2 aromatic carbocycles. The number of aliphatic carboxylic acids is 1. The van der Waals surface area contributed by atoms with Crippen LogP contribution in [0, 0.1) is 17.8 Å². The molecule has 0 fully saturated rings.